The van der Waals surface area contributed by atoms with Gasteiger partial charge in [-0.3, -0.25) is 0 Å². The number of sulfonamides is 1. The Bertz CT molecular complexity index is 459. The Hall–Kier alpha value is -0.140. The average Bonchev–Trinajstić information content (AvgIpc) is 2.83. The first-order valence-corrected chi connectivity index (χ1v) is 8.13. The smallest absolute Gasteiger partial charge is 0.252 e. The Morgan fingerprint density at radius 2 is 2.28 bits per heavy atom. The van der Waals surface area contributed by atoms with Gasteiger partial charge in [0, 0.05) is 19.1 Å². The molecule has 0 radical (unpaired) electrons. The lowest BCUT2D eigenvalue weighted by atomic mass is 9.93. The fourth-order valence-electron chi connectivity index (χ4n) is 2.16. The van der Waals surface area contributed by atoms with E-state index < -0.39 is 10.0 Å². The van der Waals surface area contributed by atoms with E-state index in [9.17, 15) is 8.42 Å². The van der Waals surface area contributed by atoms with Crippen molar-refractivity contribution in [3.63, 3.8) is 0 Å². The lowest BCUT2D eigenvalue weighted by Crippen LogP contribution is -2.44. The van der Waals surface area contributed by atoms with Crippen LogP contribution in [0.1, 0.15) is 19.8 Å². The fourth-order valence-corrected chi connectivity index (χ4v) is 4.84. The maximum atomic E-state index is 12.3. The zero-order valence-electron chi connectivity index (χ0n) is 10.3. The third kappa shape index (κ3) is 3.24. The molecule has 0 amide bonds. The molecule has 0 saturated carbocycles. The summed E-state index contributed by atoms with van der Waals surface area (Å²) in [7, 11) is -3.29. The van der Waals surface area contributed by atoms with Crippen molar-refractivity contribution in [2.75, 3.05) is 13.1 Å². The Labute approximate surface area is 119 Å². The van der Waals surface area contributed by atoms with E-state index in [4.69, 9.17) is 5.73 Å². The monoisotopic (exact) mass is 310 g/mol. The summed E-state index contributed by atoms with van der Waals surface area (Å²) in [4.78, 5) is 0. The van der Waals surface area contributed by atoms with Gasteiger partial charge in [-0.15, -0.1) is 23.7 Å². The van der Waals surface area contributed by atoms with Crippen LogP contribution in [0.3, 0.4) is 0 Å². The highest BCUT2D eigenvalue weighted by Crippen LogP contribution is 2.27. The highest BCUT2D eigenvalue weighted by Gasteiger charge is 2.31. The summed E-state index contributed by atoms with van der Waals surface area (Å²) >= 11 is 1.27. The Balaban J connectivity index is 0.00000162. The third-order valence-electron chi connectivity index (χ3n) is 3.25. The molecule has 2 unspecified atom stereocenters. The number of hydrogen-bond acceptors (Lipinski definition) is 4. The van der Waals surface area contributed by atoms with Gasteiger partial charge in [0.1, 0.15) is 4.21 Å². The summed E-state index contributed by atoms with van der Waals surface area (Å²) in [5, 5.41) is 1.79. The number of hydrogen-bond donors (Lipinski definition) is 1. The maximum Gasteiger partial charge on any atom is 0.252 e. The minimum atomic E-state index is -3.29. The predicted octanol–water partition coefficient (Wildman–Crippen LogP) is 1.92. The topological polar surface area (TPSA) is 63.4 Å². The van der Waals surface area contributed by atoms with Crippen LogP contribution in [-0.2, 0) is 10.0 Å². The van der Waals surface area contributed by atoms with Crippen LogP contribution in [0.4, 0.5) is 0 Å². The van der Waals surface area contributed by atoms with Crippen molar-refractivity contribution in [2.45, 2.75) is 30.0 Å². The van der Waals surface area contributed by atoms with E-state index in [0.717, 1.165) is 12.8 Å². The summed E-state index contributed by atoms with van der Waals surface area (Å²) in [6.45, 7) is 3.12. The molecule has 2 N–H and O–H groups in total. The molecule has 1 fully saturated rings. The van der Waals surface area contributed by atoms with E-state index in [1.165, 1.54) is 11.3 Å². The highest BCUT2D eigenvalue weighted by molar-refractivity contribution is 7.91. The largest absolute Gasteiger partial charge is 0.328 e. The Morgan fingerprint density at radius 3 is 2.83 bits per heavy atom. The lowest BCUT2D eigenvalue weighted by molar-refractivity contribution is 0.243. The first-order valence-electron chi connectivity index (χ1n) is 5.81. The Kier molecular flexibility index (Phi) is 5.61. The minimum Gasteiger partial charge on any atom is -0.328 e. The van der Waals surface area contributed by atoms with Crippen LogP contribution >= 0.6 is 23.7 Å². The molecule has 1 aliphatic rings. The number of rotatable bonds is 3. The van der Waals surface area contributed by atoms with Gasteiger partial charge in [0.25, 0.3) is 10.0 Å². The average molecular weight is 311 g/mol. The Morgan fingerprint density at radius 1 is 1.56 bits per heavy atom. The second kappa shape index (κ2) is 6.34. The molecule has 4 nitrogen and oxygen atoms in total. The molecule has 7 heteroatoms. The number of nitrogens with zero attached hydrogens (tertiary/aromatic N) is 1. The predicted molar refractivity (Wildman–Crippen MR) is 76.7 cm³/mol. The van der Waals surface area contributed by atoms with Crippen molar-refractivity contribution in [2.24, 2.45) is 11.7 Å². The zero-order chi connectivity index (χ0) is 12.5. The van der Waals surface area contributed by atoms with Gasteiger partial charge in [0.05, 0.1) is 0 Å². The molecule has 1 aliphatic heterocycles. The van der Waals surface area contributed by atoms with Crippen LogP contribution in [0, 0.1) is 5.92 Å². The van der Waals surface area contributed by atoms with Gasteiger partial charge in [-0.25, -0.2) is 8.42 Å². The van der Waals surface area contributed by atoms with Crippen LogP contribution in [0.2, 0.25) is 0 Å². The quantitative estimate of drug-likeness (QED) is 0.927. The van der Waals surface area contributed by atoms with Crippen LogP contribution in [-0.4, -0.2) is 31.9 Å². The molecule has 2 rings (SSSR count). The number of nitrogens with two attached hydrogens (primary N) is 1. The highest BCUT2D eigenvalue weighted by atomic mass is 35.5. The molecule has 0 spiro atoms. The minimum absolute atomic E-state index is 0. The maximum absolute atomic E-state index is 12.3. The van der Waals surface area contributed by atoms with Crippen LogP contribution < -0.4 is 5.73 Å². The fraction of sp³-hybridized carbons (Fsp3) is 0.636. The van der Waals surface area contributed by atoms with Crippen LogP contribution in [0.5, 0.6) is 0 Å². The van der Waals surface area contributed by atoms with Crippen molar-refractivity contribution in [3.8, 4) is 0 Å². The van der Waals surface area contributed by atoms with E-state index in [-0.39, 0.29) is 24.4 Å². The van der Waals surface area contributed by atoms with Crippen LogP contribution in [0.25, 0.3) is 0 Å². The normalized spacial score (nSPS) is 23.3. The second-order valence-electron chi connectivity index (χ2n) is 4.56. The number of halogens is 1. The summed E-state index contributed by atoms with van der Waals surface area (Å²) in [5.41, 5.74) is 5.87. The molecule has 104 valence electrons. The van der Waals surface area contributed by atoms with E-state index in [0.29, 0.717) is 17.3 Å². The summed E-state index contributed by atoms with van der Waals surface area (Å²) < 4.78 is 26.6. The summed E-state index contributed by atoms with van der Waals surface area (Å²) in [6, 6.07) is 3.48. The first-order chi connectivity index (χ1) is 8.01. The number of thiophene rings is 1. The van der Waals surface area contributed by atoms with Gasteiger partial charge in [-0.05, 0) is 37.1 Å². The molecule has 18 heavy (non-hydrogen) atoms. The standard InChI is InChI=1S/C11H18N2O2S2.ClH/c1-9(12)10-4-2-6-13(8-10)17(14,15)11-5-3-7-16-11;/h3,5,7,9-10H,2,4,6,8,12H2,1H3;1H. The van der Waals surface area contributed by atoms with E-state index in [1.807, 2.05) is 6.92 Å². The van der Waals surface area contributed by atoms with E-state index in [2.05, 4.69) is 0 Å². The van der Waals surface area contributed by atoms with Crippen molar-refractivity contribution in [3.05, 3.63) is 17.5 Å². The van der Waals surface area contributed by atoms with E-state index >= 15 is 0 Å². The molecule has 0 aliphatic carbocycles. The van der Waals surface area contributed by atoms with Crippen molar-refractivity contribution >= 4 is 33.8 Å². The van der Waals surface area contributed by atoms with Crippen LogP contribution in [0.15, 0.2) is 21.7 Å². The molecular weight excluding hydrogens is 292 g/mol. The molecule has 1 saturated heterocycles. The van der Waals surface area contributed by atoms with Gasteiger partial charge < -0.3 is 5.73 Å². The molecule has 1 aromatic rings. The van der Waals surface area contributed by atoms with Crippen molar-refractivity contribution in [1.82, 2.24) is 4.31 Å². The van der Waals surface area contributed by atoms with Crippen molar-refractivity contribution < 1.29 is 8.42 Å². The molecular formula is C11H19ClN2O2S2. The van der Waals surface area contributed by atoms with Gasteiger partial charge in [0.15, 0.2) is 0 Å². The first kappa shape index (κ1) is 15.9. The molecule has 2 heterocycles. The molecule has 0 bridgehead atoms. The molecule has 1 aromatic heterocycles. The van der Waals surface area contributed by atoms with Gasteiger partial charge in [0.2, 0.25) is 0 Å². The zero-order valence-corrected chi connectivity index (χ0v) is 12.7. The van der Waals surface area contributed by atoms with Gasteiger partial charge in [-0.2, -0.15) is 4.31 Å². The molecule has 0 aromatic carbocycles. The summed E-state index contributed by atoms with van der Waals surface area (Å²) in [5.74, 6) is 0.276. The van der Waals surface area contributed by atoms with Gasteiger partial charge >= 0.3 is 0 Å². The van der Waals surface area contributed by atoms with Crippen molar-refractivity contribution in [1.29, 1.82) is 0 Å². The second-order valence-corrected chi connectivity index (χ2v) is 7.67. The molecule has 2 atom stereocenters. The SMILES string of the molecule is CC(N)C1CCCN(S(=O)(=O)c2cccs2)C1.Cl. The lowest BCUT2D eigenvalue weighted by Gasteiger charge is -2.33. The van der Waals surface area contributed by atoms with E-state index in [1.54, 1.807) is 21.8 Å². The number of piperidine rings is 1. The summed E-state index contributed by atoms with van der Waals surface area (Å²) in [6.07, 6.45) is 1.92. The third-order valence-corrected chi connectivity index (χ3v) is 6.49. The van der Waals surface area contributed by atoms with Gasteiger partial charge in [-0.1, -0.05) is 6.07 Å².